The molecule has 2 rings (SSSR count). The molecule has 1 heterocycles. The summed E-state index contributed by atoms with van der Waals surface area (Å²) < 4.78 is 5.18. The number of amides is 1. The molecule has 0 radical (unpaired) electrons. The van der Waals surface area contributed by atoms with Crippen LogP contribution in [0.15, 0.2) is 47.1 Å². The molecule has 1 amide bonds. The summed E-state index contributed by atoms with van der Waals surface area (Å²) in [5.41, 5.74) is 0.977. The van der Waals surface area contributed by atoms with E-state index in [-0.39, 0.29) is 18.0 Å². The highest BCUT2D eigenvalue weighted by atomic mass is 35.5. The summed E-state index contributed by atoms with van der Waals surface area (Å²) in [6.07, 6.45) is 1.59. The average molecular weight is 307 g/mol. The van der Waals surface area contributed by atoms with Gasteiger partial charge in [0.15, 0.2) is 0 Å². The summed E-state index contributed by atoms with van der Waals surface area (Å²) in [7, 11) is 0. The van der Waals surface area contributed by atoms with E-state index in [2.05, 4.69) is 10.6 Å². The molecule has 4 nitrogen and oxygen atoms in total. The molecule has 1 aromatic carbocycles. The van der Waals surface area contributed by atoms with E-state index < -0.39 is 0 Å². The van der Waals surface area contributed by atoms with Crippen molar-refractivity contribution in [3.05, 3.63) is 59.0 Å². The van der Waals surface area contributed by atoms with E-state index in [4.69, 9.17) is 16.0 Å². The van der Waals surface area contributed by atoms with Crippen LogP contribution < -0.4 is 10.6 Å². The minimum absolute atomic E-state index is 0.0111. The van der Waals surface area contributed by atoms with Crippen molar-refractivity contribution in [2.45, 2.75) is 32.5 Å². The Hall–Kier alpha value is -1.78. The number of halogens is 1. The maximum absolute atomic E-state index is 12.0. The Morgan fingerprint density at radius 2 is 2.00 bits per heavy atom. The smallest absolute Gasteiger partial charge is 0.237 e. The van der Waals surface area contributed by atoms with Gasteiger partial charge < -0.3 is 9.73 Å². The van der Waals surface area contributed by atoms with Gasteiger partial charge in [0.2, 0.25) is 5.91 Å². The first-order chi connectivity index (χ1) is 10.1. The van der Waals surface area contributed by atoms with Crippen LogP contribution in [0.4, 0.5) is 0 Å². The highest BCUT2D eigenvalue weighted by Crippen LogP contribution is 2.22. The normalized spacial score (nSPS) is 13.7. The van der Waals surface area contributed by atoms with Crippen molar-refractivity contribution in [1.82, 2.24) is 10.6 Å². The maximum atomic E-state index is 12.0. The predicted molar refractivity (Wildman–Crippen MR) is 83.0 cm³/mol. The lowest BCUT2D eigenvalue weighted by molar-refractivity contribution is -0.123. The van der Waals surface area contributed by atoms with Gasteiger partial charge in [0.25, 0.3) is 0 Å². The summed E-state index contributed by atoms with van der Waals surface area (Å²) in [4.78, 5) is 12.0. The molecule has 5 heteroatoms. The molecule has 2 N–H and O–H groups in total. The van der Waals surface area contributed by atoms with Crippen molar-refractivity contribution in [2.24, 2.45) is 0 Å². The number of hydrogen-bond acceptors (Lipinski definition) is 3. The molecule has 1 unspecified atom stereocenters. The summed E-state index contributed by atoms with van der Waals surface area (Å²) in [6.45, 7) is 4.20. The quantitative estimate of drug-likeness (QED) is 0.861. The number of benzene rings is 1. The second-order valence-corrected chi connectivity index (χ2v) is 5.34. The minimum Gasteiger partial charge on any atom is -0.467 e. The van der Waals surface area contributed by atoms with Crippen LogP contribution in [0.2, 0.25) is 5.02 Å². The molecule has 21 heavy (non-hydrogen) atoms. The maximum Gasteiger partial charge on any atom is 0.237 e. The van der Waals surface area contributed by atoms with E-state index >= 15 is 0 Å². The van der Waals surface area contributed by atoms with Gasteiger partial charge in [-0.1, -0.05) is 29.8 Å². The third-order valence-corrected chi connectivity index (χ3v) is 3.63. The van der Waals surface area contributed by atoms with Crippen LogP contribution in [0.25, 0.3) is 0 Å². The van der Waals surface area contributed by atoms with Crippen molar-refractivity contribution >= 4 is 17.5 Å². The molecule has 2 aromatic rings. The number of nitrogens with one attached hydrogen (secondary N) is 2. The standard InChI is InChI=1S/C16H19ClN2O2/c1-11(14-7-3-4-8-15(14)17)19-12(2)16(20)18-10-13-6-5-9-21-13/h3-9,11-12,19H,10H2,1-2H3,(H,18,20)/t11-,12?/m0/s1. The van der Waals surface area contributed by atoms with Crippen LogP contribution in [0.1, 0.15) is 31.2 Å². The van der Waals surface area contributed by atoms with Crippen molar-refractivity contribution in [1.29, 1.82) is 0 Å². The first kappa shape index (κ1) is 15.6. The summed E-state index contributed by atoms with van der Waals surface area (Å²) in [5.74, 6) is 0.653. The second-order valence-electron chi connectivity index (χ2n) is 4.93. The zero-order valence-electron chi connectivity index (χ0n) is 12.1. The Morgan fingerprint density at radius 3 is 2.67 bits per heavy atom. The lowest BCUT2D eigenvalue weighted by Gasteiger charge is -2.20. The van der Waals surface area contributed by atoms with Crippen molar-refractivity contribution in [2.75, 3.05) is 0 Å². The first-order valence-electron chi connectivity index (χ1n) is 6.88. The first-order valence-corrected chi connectivity index (χ1v) is 7.26. The molecule has 0 saturated heterocycles. The van der Waals surface area contributed by atoms with Crippen LogP contribution in [0.5, 0.6) is 0 Å². The molecule has 112 valence electrons. The van der Waals surface area contributed by atoms with Gasteiger partial charge in [0.05, 0.1) is 18.8 Å². The SMILES string of the molecule is CC(N[C@@H](C)c1ccccc1Cl)C(=O)NCc1ccco1. The molecular formula is C16H19ClN2O2. The van der Waals surface area contributed by atoms with Gasteiger partial charge >= 0.3 is 0 Å². The monoisotopic (exact) mass is 306 g/mol. The summed E-state index contributed by atoms with van der Waals surface area (Å²) in [6, 6.07) is 10.9. The fraction of sp³-hybridized carbons (Fsp3) is 0.312. The van der Waals surface area contributed by atoms with Gasteiger partial charge in [-0.25, -0.2) is 0 Å². The zero-order chi connectivity index (χ0) is 15.2. The van der Waals surface area contributed by atoms with E-state index in [1.165, 1.54) is 0 Å². The van der Waals surface area contributed by atoms with E-state index in [0.717, 1.165) is 11.3 Å². The molecule has 0 aliphatic heterocycles. The Balaban J connectivity index is 1.87. The molecule has 1 aromatic heterocycles. The Labute approximate surface area is 129 Å². The van der Waals surface area contributed by atoms with E-state index in [1.54, 1.807) is 12.3 Å². The lowest BCUT2D eigenvalue weighted by atomic mass is 10.1. The summed E-state index contributed by atoms with van der Waals surface area (Å²) >= 11 is 6.16. The number of carbonyl (C=O) groups excluding carboxylic acids is 1. The lowest BCUT2D eigenvalue weighted by Crippen LogP contribution is -2.42. The highest BCUT2D eigenvalue weighted by molar-refractivity contribution is 6.31. The largest absolute Gasteiger partial charge is 0.467 e. The van der Waals surface area contributed by atoms with Crippen LogP contribution in [-0.4, -0.2) is 11.9 Å². The van der Waals surface area contributed by atoms with E-state index in [0.29, 0.717) is 11.6 Å². The molecule has 0 spiro atoms. The van der Waals surface area contributed by atoms with Crippen molar-refractivity contribution in [3.8, 4) is 0 Å². The van der Waals surface area contributed by atoms with Crippen molar-refractivity contribution < 1.29 is 9.21 Å². The Kier molecular flexibility index (Phi) is 5.42. The zero-order valence-corrected chi connectivity index (χ0v) is 12.9. The molecular weight excluding hydrogens is 288 g/mol. The second kappa shape index (κ2) is 7.29. The third kappa shape index (κ3) is 4.34. The van der Waals surface area contributed by atoms with Gasteiger partial charge in [-0.05, 0) is 37.6 Å². The van der Waals surface area contributed by atoms with Crippen LogP contribution >= 0.6 is 11.6 Å². The topological polar surface area (TPSA) is 54.3 Å². The Bertz CT molecular complexity index is 584. The molecule has 0 saturated carbocycles. The number of rotatable bonds is 6. The van der Waals surface area contributed by atoms with E-state index in [9.17, 15) is 4.79 Å². The highest BCUT2D eigenvalue weighted by Gasteiger charge is 2.17. The average Bonchev–Trinajstić information content (AvgIpc) is 2.98. The molecule has 0 aliphatic carbocycles. The minimum atomic E-state index is -0.328. The van der Waals surface area contributed by atoms with E-state index in [1.807, 2.05) is 44.2 Å². The predicted octanol–water partition coefficient (Wildman–Crippen LogP) is 3.29. The van der Waals surface area contributed by atoms with Gasteiger partial charge in [-0.15, -0.1) is 0 Å². The molecule has 0 aliphatic rings. The van der Waals surface area contributed by atoms with Crippen LogP contribution in [0, 0.1) is 0 Å². The van der Waals surface area contributed by atoms with Gasteiger partial charge in [0, 0.05) is 11.1 Å². The number of hydrogen-bond donors (Lipinski definition) is 2. The summed E-state index contributed by atoms with van der Waals surface area (Å²) in [5, 5.41) is 6.76. The third-order valence-electron chi connectivity index (χ3n) is 3.28. The number of carbonyl (C=O) groups is 1. The fourth-order valence-corrected chi connectivity index (χ4v) is 2.41. The van der Waals surface area contributed by atoms with Gasteiger partial charge in [-0.2, -0.15) is 0 Å². The van der Waals surface area contributed by atoms with Gasteiger partial charge in [0.1, 0.15) is 5.76 Å². The fourth-order valence-electron chi connectivity index (χ4n) is 2.11. The Morgan fingerprint density at radius 1 is 1.24 bits per heavy atom. The number of furan rings is 1. The van der Waals surface area contributed by atoms with Crippen LogP contribution in [-0.2, 0) is 11.3 Å². The van der Waals surface area contributed by atoms with Crippen LogP contribution in [0.3, 0.4) is 0 Å². The molecule has 2 atom stereocenters. The van der Waals surface area contributed by atoms with Gasteiger partial charge in [-0.3, -0.25) is 10.1 Å². The molecule has 0 bridgehead atoms. The molecule has 0 fully saturated rings. The van der Waals surface area contributed by atoms with Crippen molar-refractivity contribution in [3.63, 3.8) is 0 Å².